The highest BCUT2D eigenvalue weighted by Crippen LogP contribution is 2.17. The fraction of sp³-hybridized carbons (Fsp3) is 0.909. The van der Waals surface area contributed by atoms with Crippen molar-refractivity contribution >= 4 is 17.2 Å². The fourth-order valence-electron chi connectivity index (χ4n) is 2.12. The van der Waals surface area contributed by atoms with Crippen LogP contribution >= 0.6 is 12.2 Å². The Bertz CT molecular complexity index is 218. The summed E-state index contributed by atoms with van der Waals surface area (Å²) >= 11 is 4.92. The Kier molecular flexibility index (Phi) is 6.20. The van der Waals surface area contributed by atoms with Crippen LogP contribution < -0.4 is 5.73 Å². The third-order valence-electron chi connectivity index (χ3n) is 3.04. The Hall–Kier alpha value is -0.230. The Balaban J connectivity index is 2.23. The molecule has 1 atom stereocenters. The van der Waals surface area contributed by atoms with Gasteiger partial charge in [-0.25, -0.2) is 0 Å². The molecule has 0 aromatic heterocycles. The molecule has 1 unspecified atom stereocenters. The molecule has 0 bridgehead atoms. The van der Waals surface area contributed by atoms with E-state index in [4.69, 9.17) is 27.8 Å². The molecule has 1 heterocycles. The Morgan fingerprint density at radius 3 is 2.69 bits per heavy atom. The maximum absolute atomic E-state index is 8.67. The van der Waals surface area contributed by atoms with Gasteiger partial charge in [0, 0.05) is 25.6 Å². The zero-order valence-electron chi connectivity index (χ0n) is 9.89. The van der Waals surface area contributed by atoms with Crippen molar-refractivity contribution in [2.24, 2.45) is 5.73 Å². The van der Waals surface area contributed by atoms with E-state index >= 15 is 0 Å². The van der Waals surface area contributed by atoms with E-state index < -0.39 is 0 Å². The van der Waals surface area contributed by atoms with Crippen LogP contribution in [0.15, 0.2) is 0 Å². The molecule has 0 spiro atoms. The van der Waals surface area contributed by atoms with E-state index in [1.165, 1.54) is 0 Å². The molecule has 1 saturated heterocycles. The van der Waals surface area contributed by atoms with Crippen LogP contribution in [0, 0.1) is 0 Å². The van der Waals surface area contributed by atoms with Gasteiger partial charge in [0.15, 0.2) is 0 Å². The maximum Gasteiger partial charge on any atom is 0.0742 e. The first-order valence-corrected chi connectivity index (χ1v) is 6.29. The highest BCUT2D eigenvalue weighted by molar-refractivity contribution is 7.80. The third kappa shape index (κ3) is 4.74. The Morgan fingerprint density at radius 2 is 2.19 bits per heavy atom. The fourth-order valence-corrected chi connectivity index (χ4v) is 2.36. The van der Waals surface area contributed by atoms with Crippen molar-refractivity contribution in [3.63, 3.8) is 0 Å². The molecular formula is C11H22N2O2S. The van der Waals surface area contributed by atoms with Crippen LogP contribution in [0.4, 0.5) is 0 Å². The van der Waals surface area contributed by atoms with Gasteiger partial charge >= 0.3 is 0 Å². The van der Waals surface area contributed by atoms with Crippen LogP contribution in [0.3, 0.4) is 0 Å². The minimum Gasteiger partial charge on any atom is -0.394 e. The van der Waals surface area contributed by atoms with Crippen molar-refractivity contribution in [1.29, 1.82) is 0 Å². The number of hydrogen-bond donors (Lipinski definition) is 2. The number of aliphatic hydroxyl groups excluding tert-OH is 1. The third-order valence-corrected chi connectivity index (χ3v) is 3.21. The first kappa shape index (κ1) is 13.8. The van der Waals surface area contributed by atoms with Crippen molar-refractivity contribution < 1.29 is 9.84 Å². The highest BCUT2D eigenvalue weighted by Gasteiger charge is 2.23. The van der Waals surface area contributed by atoms with E-state index in [9.17, 15) is 0 Å². The van der Waals surface area contributed by atoms with E-state index in [2.05, 4.69) is 11.8 Å². The molecule has 1 rings (SSSR count). The summed E-state index contributed by atoms with van der Waals surface area (Å²) in [5.41, 5.74) is 5.55. The highest BCUT2D eigenvalue weighted by atomic mass is 32.1. The van der Waals surface area contributed by atoms with Gasteiger partial charge in [-0.2, -0.15) is 0 Å². The number of aliphatic hydroxyl groups is 1. The maximum atomic E-state index is 8.67. The van der Waals surface area contributed by atoms with Crippen LogP contribution in [0.25, 0.3) is 0 Å². The standard InChI is InChI=1S/C11H22N2O2S/c1-9(8-11(12)16)13-4-2-10(3-5-13)15-7-6-14/h9-10,14H,2-8H2,1H3,(H2,12,16). The zero-order chi connectivity index (χ0) is 12.0. The minimum absolute atomic E-state index is 0.109. The lowest BCUT2D eigenvalue weighted by molar-refractivity contribution is -0.0133. The number of nitrogens with two attached hydrogens (primary N) is 1. The molecule has 1 aliphatic rings. The first-order valence-electron chi connectivity index (χ1n) is 5.88. The summed E-state index contributed by atoms with van der Waals surface area (Å²) in [5.74, 6) is 0. The summed E-state index contributed by atoms with van der Waals surface area (Å²) in [4.78, 5) is 2.99. The molecule has 0 aromatic carbocycles. The quantitative estimate of drug-likeness (QED) is 0.669. The van der Waals surface area contributed by atoms with Crippen molar-refractivity contribution in [2.45, 2.75) is 38.3 Å². The molecule has 3 N–H and O–H groups in total. The van der Waals surface area contributed by atoms with Crippen molar-refractivity contribution in [3.05, 3.63) is 0 Å². The monoisotopic (exact) mass is 246 g/mol. The van der Waals surface area contributed by atoms with Crippen LogP contribution in [0.1, 0.15) is 26.2 Å². The van der Waals surface area contributed by atoms with E-state index in [0.717, 1.165) is 32.4 Å². The SMILES string of the molecule is CC(CC(N)=S)N1CCC(OCCO)CC1. The van der Waals surface area contributed by atoms with Crippen LogP contribution in [0.5, 0.6) is 0 Å². The molecule has 0 amide bonds. The molecule has 16 heavy (non-hydrogen) atoms. The topological polar surface area (TPSA) is 58.7 Å². The number of thiocarbonyl (C=S) groups is 1. The van der Waals surface area contributed by atoms with E-state index in [0.29, 0.717) is 23.7 Å². The second kappa shape index (κ2) is 7.17. The van der Waals surface area contributed by atoms with Gasteiger partial charge in [0.05, 0.1) is 24.3 Å². The summed E-state index contributed by atoms with van der Waals surface area (Å²) in [7, 11) is 0. The van der Waals surface area contributed by atoms with Crippen LogP contribution in [0.2, 0.25) is 0 Å². The van der Waals surface area contributed by atoms with Crippen molar-refractivity contribution in [2.75, 3.05) is 26.3 Å². The molecule has 0 saturated carbocycles. The first-order chi connectivity index (χ1) is 7.63. The second-order valence-electron chi connectivity index (χ2n) is 4.35. The summed E-state index contributed by atoms with van der Waals surface area (Å²) < 4.78 is 5.51. The Morgan fingerprint density at radius 1 is 1.56 bits per heavy atom. The smallest absolute Gasteiger partial charge is 0.0742 e. The predicted molar refractivity (Wildman–Crippen MR) is 68.5 cm³/mol. The lowest BCUT2D eigenvalue weighted by atomic mass is 10.0. The molecule has 0 radical (unpaired) electrons. The van der Waals surface area contributed by atoms with Crippen molar-refractivity contribution in [1.82, 2.24) is 4.90 Å². The summed E-state index contributed by atoms with van der Waals surface area (Å²) in [6.07, 6.45) is 3.15. The van der Waals surface area contributed by atoms with Gasteiger partial charge in [0.2, 0.25) is 0 Å². The zero-order valence-corrected chi connectivity index (χ0v) is 10.7. The summed E-state index contributed by atoms with van der Waals surface area (Å²) in [6, 6.07) is 0.427. The van der Waals surface area contributed by atoms with Gasteiger partial charge in [-0.05, 0) is 19.8 Å². The normalized spacial score (nSPS) is 20.9. The van der Waals surface area contributed by atoms with E-state index in [-0.39, 0.29) is 6.61 Å². The van der Waals surface area contributed by atoms with Crippen molar-refractivity contribution in [3.8, 4) is 0 Å². The average molecular weight is 246 g/mol. The van der Waals surface area contributed by atoms with Gasteiger partial charge in [-0.1, -0.05) is 12.2 Å². The number of ether oxygens (including phenoxy) is 1. The van der Waals surface area contributed by atoms with E-state index in [1.54, 1.807) is 0 Å². The number of hydrogen-bond acceptors (Lipinski definition) is 4. The number of rotatable bonds is 6. The summed E-state index contributed by atoms with van der Waals surface area (Å²) in [6.45, 7) is 4.78. The van der Waals surface area contributed by atoms with Crippen LogP contribution in [-0.2, 0) is 4.74 Å². The van der Waals surface area contributed by atoms with Gasteiger partial charge < -0.3 is 20.5 Å². The molecule has 0 aliphatic carbocycles. The molecular weight excluding hydrogens is 224 g/mol. The molecule has 94 valence electrons. The molecule has 1 aliphatic heterocycles. The number of likely N-dealkylation sites (tertiary alicyclic amines) is 1. The summed E-state index contributed by atoms with van der Waals surface area (Å²) in [5, 5.41) is 8.67. The second-order valence-corrected chi connectivity index (χ2v) is 4.87. The molecule has 0 aromatic rings. The molecule has 4 nitrogen and oxygen atoms in total. The Labute approximate surface area is 103 Å². The van der Waals surface area contributed by atoms with Gasteiger partial charge in [-0.3, -0.25) is 0 Å². The lowest BCUT2D eigenvalue weighted by Crippen LogP contribution is -2.43. The number of piperidine rings is 1. The van der Waals surface area contributed by atoms with Crippen LogP contribution in [-0.4, -0.2) is 53.4 Å². The lowest BCUT2D eigenvalue weighted by Gasteiger charge is -2.35. The van der Waals surface area contributed by atoms with Gasteiger partial charge in [0.1, 0.15) is 0 Å². The average Bonchev–Trinajstić information content (AvgIpc) is 2.26. The minimum atomic E-state index is 0.109. The predicted octanol–water partition coefficient (Wildman–Crippen LogP) is 0.524. The molecule has 1 fully saturated rings. The largest absolute Gasteiger partial charge is 0.394 e. The van der Waals surface area contributed by atoms with Gasteiger partial charge in [0.25, 0.3) is 0 Å². The van der Waals surface area contributed by atoms with E-state index in [1.807, 2.05) is 0 Å². The number of nitrogens with zero attached hydrogens (tertiary/aromatic N) is 1. The van der Waals surface area contributed by atoms with Gasteiger partial charge in [-0.15, -0.1) is 0 Å². The molecule has 5 heteroatoms.